The summed E-state index contributed by atoms with van der Waals surface area (Å²) < 4.78 is 1.69. The Morgan fingerprint density at radius 1 is 1.24 bits per heavy atom. The summed E-state index contributed by atoms with van der Waals surface area (Å²) in [5, 5.41) is 3.87. The lowest BCUT2D eigenvalue weighted by molar-refractivity contribution is 0.0939. The van der Waals surface area contributed by atoms with E-state index >= 15 is 0 Å². The van der Waals surface area contributed by atoms with Crippen molar-refractivity contribution in [3.05, 3.63) is 65.6 Å². The molecule has 0 saturated heterocycles. The highest BCUT2D eigenvalue weighted by molar-refractivity contribution is 14.1. The van der Waals surface area contributed by atoms with Crippen LogP contribution in [0.25, 0.3) is 0 Å². The van der Waals surface area contributed by atoms with E-state index in [-0.39, 0.29) is 11.9 Å². The Morgan fingerprint density at radius 3 is 2.48 bits per heavy atom. The van der Waals surface area contributed by atoms with Crippen molar-refractivity contribution in [1.29, 1.82) is 0 Å². The summed E-state index contributed by atoms with van der Waals surface area (Å²) in [5.74, 6) is -0.195. The maximum Gasteiger partial charge on any atom is 0.252 e. The second kappa shape index (κ2) is 7.31. The van der Waals surface area contributed by atoms with E-state index in [1.54, 1.807) is 12.1 Å². The van der Waals surface area contributed by atoms with Crippen LogP contribution in [0.2, 0.25) is 10.0 Å². The molecule has 0 aliphatic heterocycles. The van der Waals surface area contributed by atoms with Crippen LogP contribution < -0.4 is 5.32 Å². The van der Waals surface area contributed by atoms with Gasteiger partial charge in [-0.1, -0.05) is 51.3 Å². The highest BCUT2D eigenvalue weighted by Gasteiger charge is 2.16. The molecule has 0 unspecified atom stereocenters. The fourth-order valence-electron chi connectivity index (χ4n) is 1.83. The number of nitrogens with one attached hydrogen (secondary N) is 1. The molecule has 0 saturated carbocycles. The summed E-state index contributed by atoms with van der Waals surface area (Å²) in [5.41, 5.74) is 1.51. The van der Waals surface area contributed by atoms with Crippen LogP contribution in [0, 0.1) is 3.57 Å². The average molecular weight is 499 g/mol. The van der Waals surface area contributed by atoms with Gasteiger partial charge in [0.25, 0.3) is 5.91 Å². The third-order valence-electron chi connectivity index (χ3n) is 2.96. The average Bonchev–Trinajstić information content (AvgIpc) is 2.43. The molecule has 2 nitrogen and oxygen atoms in total. The third-order valence-corrected chi connectivity index (χ3v) is 5.48. The third kappa shape index (κ3) is 4.34. The second-order valence-corrected chi connectivity index (χ2v) is 7.33. The van der Waals surface area contributed by atoms with Crippen LogP contribution in [-0.4, -0.2) is 5.91 Å². The van der Waals surface area contributed by atoms with Gasteiger partial charge >= 0.3 is 0 Å². The Morgan fingerprint density at radius 2 is 1.86 bits per heavy atom. The van der Waals surface area contributed by atoms with E-state index in [0.717, 1.165) is 10.0 Å². The van der Waals surface area contributed by atoms with Gasteiger partial charge in [-0.2, -0.15) is 0 Å². The number of halogens is 4. The molecule has 110 valence electrons. The second-order valence-electron chi connectivity index (χ2n) is 4.50. The Kier molecular flexibility index (Phi) is 5.94. The molecule has 21 heavy (non-hydrogen) atoms. The fourth-order valence-corrected chi connectivity index (χ4v) is 3.14. The summed E-state index contributed by atoms with van der Waals surface area (Å²) in [7, 11) is 0. The van der Waals surface area contributed by atoms with Gasteiger partial charge in [-0.3, -0.25) is 4.79 Å². The Bertz CT molecular complexity index is 676. The van der Waals surface area contributed by atoms with Crippen molar-refractivity contribution in [2.75, 3.05) is 0 Å². The maximum atomic E-state index is 12.4. The van der Waals surface area contributed by atoms with Crippen molar-refractivity contribution in [2.24, 2.45) is 0 Å². The van der Waals surface area contributed by atoms with Gasteiger partial charge in [0.15, 0.2) is 0 Å². The smallest absolute Gasteiger partial charge is 0.252 e. The van der Waals surface area contributed by atoms with Crippen molar-refractivity contribution < 1.29 is 4.79 Å². The quantitative estimate of drug-likeness (QED) is 0.417. The number of hydrogen-bond donors (Lipinski definition) is 1. The molecule has 0 aliphatic carbocycles. The first-order valence-electron chi connectivity index (χ1n) is 6.09. The van der Waals surface area contributed by atoms with Crippen molar-refractivity contribution in [1.82, 2.24) is 5.32 Å². The zero-order chi connectivity index (χ0) is 15.6. The molecule has 2 aromatic carbocycles. The monoisotopic (exact) mass is 497 g/mol. The van der Waals surface area contributed by atoms with E-state index in [1.807, 2.05) is 53.8 Å². The molecular formula is C15H11BrCl2INO. The standard InChI is InChI=1S/C15H11BrCl2INO/c1-8(9-2-4-10(16)5-3-9)20-15(21)12-6-11(17)7-13(18)14(12)19/h2-8H,1H3,(H,20,21)/t8-/m0/s1. The van der Waals surface area contributed by atoms with Crippen LogP contribution in [0.3, 0.4) is 0 Å². The molecule has 6 heteroatoms. The number of amides is 1. The molecule has 0 radical (unpaired) electrons. The minimum absolute atomic E-state index is 0.112. The number of carbonyl (C=O) groups is 1. The van der Waals surface area contributed by atoms with Crippen molar-refractivity contribution >= 4 is 67.6 Å². The number of carbonyl (C=O) groups excluding carboxylic acids is 1. The van der Waals surface area contributed by atoms with Crippen LogP contribution in [0.1, 0.15) is 28.9 Å². The lowest BCUT2D eigenvalue weighted by atomic mass is 10.1. The molecule has 1 N–H and O–H groups in total. The van der Waals surface area contributed by atoms with E-state index in [2.05, 4.69) is 21.2 Å². The van der Waals surface area contributed by atoms with Gasteiger partial charge in [0, 0.05) is 13.1 Å². The van der Waals surface area contributed by atoms with Crippen LogP contribution in [0.4, 0.5) is 0 Å². The predicted octanol–water partition coefficient (Wildman–Crippen LogP) is 5.85. The molecule has 0 bridgehead atoms. The first-order valence-corrected chi connectivity index (χ1v) is 8.72. The van der Waals surface area contributed by atoms with Crippen LogP contribution in [-0.2, 0) is 0 Å². The summed E-state index contributed by atoms with van der Waals surface area (Å²) in [6.07, 6.45) is 0. The lowest BCUT2D eigenvalue weighted by Gasteiger charge is -2.15. The van der Waals surface area contributed by atoms with Gasteiger partial charge in [-0.25, -0.2) is 0 Å². The highest BCUT2D eigenvalue weighted by Crippen LogP contribution is 2.27. The zero-order valence-corrected chi connectivity index (χ0v) is 16.2. The molecule has 1 amide bonds. The van der Waals surface area contributed by atoms with Crippen molar-refractivity contribution in [2.45, 2.75) is 13.0 Å². The Hall–Kier alpha value is -0.300. The minimum atomic E-state index is -0.195. The SMILES string of the molecule is C[C@H](NC(=O)c1cc(Cl)cc(Cl)c1I)c1ccc(Br)cc1. The van der Waals surface area contributed by atoms with Crippen molar-refractivity contribution in [3.8, 4) is 0 Å². The molecule has 0 heterocycles. The number of hydrogen-bond acceptors (Lipinski definition) is 1. The van der Waals surface area contributed by atoms with E-state index in [1.165, 1.54) is 0 Å². The van der Waals surface area contributed by atoms with Gasteiger partial charge in [-0.15, -0.1) is 0 Å². The van der Waals surface area contributed by atoms with Gasteiger partial charge < -0.3 is 5.32 Å². The topological polar surface area (TPSA) is 29.1 Å². The van der Waals surface area contributed by atoms with Crippen LogP contribution >= 0.6 is 61.7 Å². The maximum absolute atomic E-state index is 12.4. The van der Waals surface area contributed by atoms with E-state index < -0.39 is 0 Å². The Labute approximate surface area is 155 Å². The summed E-state index contributed by atoms with van der Waals surface area (Å²) in [6.45, 7) is 1.93. The van der Waals surface area contributed by atoms with Crippen LogP contribution in [0.5, 0.6) is 0 Å². The highest BCUT2D eigenvalue weighted by atomic mass is 127. The molecule has 0 aliphatic rings. The Balaban J connectivity index is 2.20. The molecule has 2 rings (SSSR count). The van der Waals surface area contributed by atoms with Gasteiger partial charge in [0.05, 0.1) is 16.6 Å². The molecule has 0 aromatic heterocycles. The summed E-state index contributed by atoms with van der Waals surface area (Å²) in [6, 6.07) is 10.9. The number of rotatable bonds is 3. The van der Waals surface area contributed by atoms with E-state index in [0.29, 0.717) is 19.2 Å². The summed E-state index contributed by atoms with van der Waals surface area (Å²) in [4.78, 5) is 12.4. The van der Waals surface area contributed by atoms with Gasteiger partial charge in [0.2, 0.25) is 0 Å². The summed E-state index contributed by atoms with van der Waals surface area (Å²) >= 11 is 17.5. The first kappa shape index (κ1) is 17.1. The zero-order valence-electron chi connectivity index (χ0n) is 11.0. The molecule has 1 atom stereocenters. The largest absolute Gasteiger partial charge is 0.345 e. The van der Waals surface area contributed by atoms with Gasteiger partial charge in [0.1, 0.15) is 0 Å². The molecule has 2 aromatic rings. The normalized spacial score (nSPS) is 12.0. The minimum Gasteiger partial charge on any atom is -0.345 e. The van der Waals surface area contributed by atoms with E-state index in [4.69, 9.17) is 23.2 Å². The lowest BCUT2D eigenvalue weighted by Crippen LogP contribution is -2.27. The molecular weight excluding hydrogens is 488 g/mol. The predicted molar refractivity (Wildman–Crippen MR) is 99.2 cm³/mol. The van der Waals surface area contributed by atoms with Crippen LogP contribution in [0.15, 0.2) is 40.9 Å². The number of benzene rings is 2. The molecule has 0 spiro atoms. The first-order chi connectivity index (χ1) is 9.88. The van der Waals surface area contributed by atoms with Gasteiger partial charge in [-0.05, 0) is 59.3 Å². The fraction of sp³-hybridized carbons (Fsp3) is 0.133. The van der Waals surface area contributed by atoms with E-state index in [9.17, 15) is 4.79 Å². The molecule has 0 fully saturated rings. The van der Waals surface area contributed by atoms with Crippen molar-refractivity contribution in [3.63, 3.8) is 0 Å².